The zero-order valence-electron chi connectivity index (χ0n) is 11.1. The van der Waals surface area contributed by atoms with Crippen LogP contribution < -0.4 is 11.1 Å². The van der Waals surface area contributed by atoms with E-state index >= 15 is 0 Å². The lowest BCUT2D eigenvalue weighted by atomic mass is 9.96. The summed E-state index contributed by atoms with van der Waals surface area (Å²) in [6, 6.07) is 7.22. The number of hydrogen-bond acceptors (Lipinski definition) is 4. The van der Waals surface area contributed by atoms with E-state index in [9.17, 15) is 9.90 Å². The summed E-state index contributed by atoms with van der Waals surface area (Å²) in [6.45, 7) is 2.56. The second kappa shape index (κ2) is 5.59. The number of benzene rings is 1. The fourth-order valence-corrected chi connectivity index (χ4v) is 2.21. The fourth-order valence-electron chi connectivity index (χ4n) is 2.21. The van der Waals surface area contributed by atoms with Gasteiger partial charge in [0.15, 0.2) is 0 Å². The van der Waals surface area contributed by atoms with E-state index in [1.165, 1.54) is 0 Å². The molecule has 1 aliphatic heterocycles. The molecule has 19 heavy (non-hydrogen) atoms. The number of carbonyl (C=O) groups excluding carboxylic acids is 1. The Morgan fingerprint density at radius 1 is 1.63 bits per heavy atom. The molecular formula is C14H20N2O3. The van der Waals surface area contributed by atoms with E-state index in [4.69, 9.17) is 10.5 Å². The molecule has 0 bridgehead atoms. The van der Waals surface area contributed by atoms with Crippen LogP contribution in [0.1, 0.15) is 18.9 Å². The lowest BCUT2D eigenvalue weighted by molar-refractivity contribution is -0.122. The third-order valence-corrected chi connectivity index (χ3v) is 3.57. The predicted octanol–water partition coefficient (Wildman–Crippen LogP) is 0.467. The molecule has 0 aliphatic carbocycles. The number of ether oxygens (including phenoxy) is 1. The molecule has 1 heterocycles. The SMILES string of the molecule is CC1OCCC1(O)CNC(=O)Cc1cccc(N)c1. The Bertz CT molecular complexity index is 464. The van der Waals surface area contributed by atoms with Gasteiger partial charge in [0, 0.05) is 25.3 Å². The Morgan fingerprint density at radius 2 is 2.42 bits per heavy atom. The maximum Gasteiger partial charge on any atom is 0.224 e. The Morgan fingerprint density at radius 3 is 3.05 bits per heavy atom. The van der Waals surface area contributed by atoms with E-state index in [1.54, 1.807) is 12.1 Å². The summed E-state index contributed by atoms with van der Waals surface area (Å²) in [6.07, 6.45) is 0.559. The Balaban J connectivity index is 1.85. The van der Waals surface area contributed by atoms with Crippen molar-refractivity contribution >= 4 is 11.6 Å². The minimum absolute atomic E-state index is 0.127. The minimum atomic E-state index is -0.953. The molecule has 104 valence electrons. The molecule has 0 radical (unpaired) electrons. The number of nitrogens with two attached hydrogens (primary N) is 1. The van der Waals surface area contributed by atoms with E-state index in [1.807, 2.05) is 19.1 Å². The highest BCUT2D eigenvalue weighted by atomic mass is 16.5. The maximum atomic E-state index is 11.8. The molecule has 1 aromatic rings. The van der Waals surface area contributed by atoms with Crippen LogP contribution in [-0.2, 0) is 16.0 Å². The van der Waals surface area contributed by atoms with Gasteiger partial charge in [0.05, 0.1) is 12.5 Å². The molecule has 2 rings (SSSR count). The number of nitrogens with one attached hydrogen (secondary N) is 1. The van der Waals surface area contributed by atoms with Crippen molar-refractivity contribution in [3.63, 3.8) is 0 Å². The van der Waals surface area contributed by atoms with Gasteiger partial charge in [0.2, 0.25) is 5.91 Å². The van der Waals surface area contributed by atoms with Crippen molar-refractivity contribution in [2.75, 3.05) is 18.9 Å². The van der Waals surface area contributed by atoms with E-state index in [-0.39, 0.29) is 25.0 Å². The largest absolute Gasteiger partial charge is 0.399 e. The zero-order chi connectivity index (χ0) is 13.9. The van der Waals surface area contributed by atoms with Crippen LogP contribution >= 0.6 is 0 Å². The minimum Gasteiger partial charge on any atom is -0.399 e. The summed E-state index contributed by atoms with van der Waals surface area (Å²) >= 11 is 0. The van der Waals surface area contributed by atoms with E-state index < -0.39 is 5.60 Å². The van der Waals surface area contributed by atoms with Crippen molar-refractivity contribution in [2.45, 2.75) is 31.5 Å². The van der Waals surface area contributed by atoms with Gasteiger partial charge in [-0.15, -0.1) is 0 Å². The zero-order valence-corrected chi connectivity index (χ0v) is 11.1. The molecule has 0 spiro atoms. The van der Waals surface area contributed by atoms with Crippen molar-refractivity contribution in [3.8, 4) is 0 Å². The van der Waals surface area contributed by atoms with Gasteiger partial charge < -0.3 is 20.9 Å². The van der Waals surface area contributed by atoms with Crippen molar-refractivity contribution in [3.05, 3.63) is 29.8 Å². The summed E-state index contributed by atoms with van der Waals surface area (Å²) in [5.41, 5.74) is 6.21. The molecule has 2 atom stereocenters. The molecule has 5 heteroatoms. The Hall–Kier alpha value is -1.59. The number of rotatable bonds is 4. The van der Waals surface area contributed by atoms with Crippen molar-refractivity contribution in [2.24, 2.45) is 0 Å². The van der Waals surface area contributed by atoms with Crippen LogP contribution in [-0.4, -0.2) is 35.9 Å². The molecule has 5 nitrogen and oxygen atoms in total. The van der Waals surface area contributed by atoms with Crippen LogP contribution in [0.15, 0.2) is 24.3 Å². The summed E-state index contributed by atoms with van der Waals surface area (Å²) < 4.78 is 5.32. The highest BCUT2D eigenvalue weighted by molar-refractivity contribution is 5.78. The predicted molar refractivity (Wildman–Crippen MR) is 72.5 cm³/mol. The van der Waals surface area contributed by atoms with Crippen molar-refractivity contribution in [1.82, 2.24) is 5.32 Å². The van der Waals surface area contributed by atoms with Gasteiger partial charge in [-0.05, 0) is 24.6 Å². The van der Waals surface area contributed by atoms with Gasteiger partial charge in [0.25, 0.3) is 0 Å². The molecular weight excluding hydrogens is 244 g/mol. The molecule has 1 saturated heterocycles. The molecule has 1 aliphatic rings. The number of nitrogen functional groups attached to an aromatic ring is 1. The third kappa shape index (κ3) is 3.45. The number of hydrogen-bond donors (Lipinski definition) is 3. The smallest absolute Gasteiger partial charge is 0.224 e. The summed E-state index contributed by atoms with van der Waals surface area (Å²) in [5.74, 6) is -0.127. The number of carbonyl (C=O) groups is 1. The maximum absolute atomic E-state index is 11.8. The van der Waals surface area contributed by atoms with Gasteiger partial charge in [-0.2, -0.15) is 0 Å². The van der Waals surface area contributed by atoms with Crippen LogP contribution in [0.2, 0.25) is 0 Å². The second-order valence-electron chi connectivity index (χ2n) is 5.07. The van der Waals surface area contributed by atoms with Crippen LogP contribution in [0.25, 0.3) is 0 Å². The normalized spacial score (nSPS) is 26.3. The summed E-state index contributed by atoms with van der Waals surface area (Å²) in [5, 5.41) is 13.0. The highest BCUT2D eigenvalue weighted by Crippen LogP contribution is 2.24. The van der Waals surface area contributed by atoms with Gasteiger partial charge in [-0.25, -0.2) is 0 Å². The molecule has 0 saturated carbocycles. The standard InChI is InChI=1S/C14H20N2O3/c1-10-14(18,5-6-19-10)9-16-13(17)8-11-3-2-4-12(15)7-11/h2-4,7,10,18H,5-6,8-9,15H2,1H3,(H,16,17). The molecule has 1 fully saturated rings. The van der Waals surface area contributed by atoms with E-state index in [2.05, 4.69) is 5.32 Å². The first kappa shape index (κ1) is 13.8. The Kier molecular flexibility index (Phi) is 4.07. The van der Waals surface area contributed by atoms with E-state index in [0.717, 1.165) is 5.56 Å². The third-order valence-electron chi connectivity index (χ3n) is 3.57. The number of anilines is 1. The fraction of sp³-hybridized carbons (Fsp3) is 0.500. The average molecular weight is 264 g/mol. The second-order valence-corrected chi connectivity index (χ2v) is 5.07. The summed E-state index contributed by atoms with van der Waals surface area (Å²) in [4.78, 5) is 11.8. The van der Waals surface area contributed by atoms with Crippen LogP contribution in [0.4, 0.5) is 5.69 Å². The van der Waals surface area contributed by atoms with Crippen LogP contribution in [0.3, 0.4) is 0 Å². The molecule has 2 unspecified atom stereocenters. The van der Waals surface area contributed by atoms with Crippen LogP contribution in [0.5, 0.6) is 0 Å². The van der Waals surface area contributed by atoms with Crippen molar-refractivity contribution < 1.29 is 14.6 Å². The van der Waals surface area contributed by atoms with Gasteiger partial charge in [0.1, 0.15) is 5.60 Å². The van der Waals surface area contributed by atoms with Gasteiger partial charge in [-0.3, -0.25) is 4.79 Å². The topological polar surface area (TPSA) is 84.6 Å². The lowest BCUT2D eigenvalue weighted by Gasteiger charge is -2.26. The molecule has 4 N–H and O–H groups in total. The first-order chi connectivity index (χ1) is 8.99. The van der Waals surface area contributed by atoms with E-state index in [0.29, 0.717) is 18.7 Å². The Labute approximate surface area is 112 Å². The van der Waals surface area contributed by atoms with Crippen molar-refractivity contribution in [1.29, 1.82) is 0 Å². The first-order valence-corrected chi connectivity index (χ1v) is 6.45. The number of amides is 1. The average Bonchev–Trinajstić information content (AvgIpc) is 2.68. The quantitative estimate of drug-likeness (QED) is 0.690. The van der Waals surface area contributed by atoms with Gasteiger partial charge in [-0.1, -0.05) is 12.1 Å². The number of aliphatic hydroxyl groups is 1. The molecule has 1 amide bonds. The molecule has 0 aromatic heterocycles. The summed E-state index contributed by atoms with van der Waals surface area (Å²) in [7, 11) is 0. The van der Waals surface area contributed by atoms with Crippen LogP contribution in [0, 0.1) is 0 Å². The monoisotopic (exact) mass is 264 g/mol. The first-order valence-electron chi connectivity index (χ1n) is 6.45. The highest BCUT2D eigenvalue weighted by Gasteiger charge is 2.39. The molecule has 1 aromatic carbocycles. The lowest BCUT2D eigenvalue weighted by Crippen LogP contribution is -2.47. The van der Waals surface area contributed by atoms with Gasteiger partial charge >= 0.3 is 0 Å².